The lowest BCUT2D eigenvalue weighted by Crippen LogP contribution is -2.24. The van der Waals surface area contributed by atoms with Crippen molar-refractivity contribution in [3.63, 3.8) is 0 Å². The molecule has 0 aliphatic carbocycles. The first-order chi connectivity index (χ1) is 9.71. The second kappa shape index (κ2) is 8.92. The van der Waals surface area contributed by atoms with Gasteiger partial charge in [-0.2, -0.15) is 4.98 Å². The fourth-order valence-corrected chi connectivity index (χ4v) is 2.36. The Labute approximate surface area is 135 Å². The first kappa shape index (κ1) is 17.8. The normalized spacial score (nSPS) is 11.8. The number of halogens is 1. The van der Waals surface area contributed by atoms with Crippen LogP contribution in [0.5, 0.6) is 5.75 Å². The van der Waals surface area contributed by atoms with Gasteiger partial charge < -0.3 is 14.6 Å². The van der Waals surface area contributed by atoms with Gasteiger partial charge >= 0.3 is 0 Å². The average molecular weight is 330 g/mol. The molecule has 0 bridgehead atoms. The number of hydrogen-bond donors (Lipinski definition) is 1. The van der Waals surface area contributed by atoms with Gasteiger partial charge in [0, 0.05) is 17.4 Å². The molecule has 1 N–H and O–H groups in total. The zero-order valence-corrected chi connectivity index (χ0v) is 14.0. The van der Waals surface area contributed by atoms with Gasteiger partial charge in [0.2, 0.25) is 5.89 Å². The number of nitrogens with zero attached hydrogens (tertiary/aromatic N) is 2. The Bertz CT molecular complexity index is 533. The van der Waals surface area contributed by atoms with Crippen LogP contribution in [0.15, 0.2) is 33.7 Å². The number of rotatable bonds is 7. The minimum absolute atomic E-state index is 0. The van der Waals surface area contributed by atoms with E-state index in [1.807, 2.05) is 31.3 Å². The molecular weight excluding hydrogens is 310 g/mol. The molecule has 0 aliphatic heterocycles. The van der Waals surface area contributed by atoms with Gasteiger partial charge in [-0.1, -0.05) is 5.16 Å². The van der Waals surface area contributed by atoms with Crippen LogP contribution < -0.4 is 10.1 Å². The summed E-state index contributed by atoms with van der Waals surface area (Å²) in [5.41, 5.74) is 0. The third kappa shape index (κ3) is 5.57. The predicted octanol–water partition coefficient (Wildman–Crippen LogP) is 2.94. The van der Waals surface area contributed by atoms with E-state index in [0.29, 0.717) is 17.7 Å². The Morgan fingerprint density at radius 2 is 2.05 bits per heavy atom. The van der Waals surface area contributed by atoms with Crippen LogP contribution in [0, 0.1) is 0 Å². The lowest BCUT2D eigenvalue weighted by Gasteiger charge is -2.04. The van der Waals surface area contributed by atoms with E-state index in [2.05, 4.69) is 22.4 Å². The number of likely N-dealkylation sites (N-methyl/N-ethyl adjacent to an activating group) is 1. The number of methoxy groups -OCH3 is 1. The summed E-state index contributed by atoms with van der Waals surface area (Å²) in [6.07, 6.45) is 0.771. The fraction of sp³-hybridized carbons (Fsp3) is 0.429. The van der Waals surface area contributed by atoms with Gasteiger partial charge in [-0.25, -0.2) is 0 Å². The van der Waals surface area contributed by atoms with Crippen molar-refractivity contribution in [2.45, 2.75) is 30.0 Å². The lowest BCUT2D eigenvalue weighted by atomic mass is 10.2. The van der Waals surface area contributed by atoms with Crippen molar-refractivity contribution in [2.24, 2.45) is 0 Å². The van der Waals surface area contributed by atoms with Crippen LogP contribution in [0.3, 0.4) is 0 Å². The smallest absolute Gasteiger partial charge is 0.237 e. The molecule has 0 saturated carbocycles. The van der Waals surface area contributed by atoms with E-state index in [1.54, 1.807) is 18.9 Å². The fourth-order valence-electron chi connectivity index (χ4n) is 1.62. The monoisotopic (exact) mass is 329 g/mol. The largest absolute Gasteiger partial charge is 0.497 e. The molecular formula is C14H20ClN3O2S. The standard InChI is InChI=1S/C14H19N3O2S.ClH/c1-10(15-2)8-13-16-14(19-17-13)9-20-12-6-4-11(18-3)5-7-12;/h4-7,10,15H,8-9H2,1-3H3;1H. The minimum atomic E-state index is 0. The van der Waals surface area contributed by atoms with Crippen molar-refractivity contribution < 1.29 is 9.26 Å². The Balaban J connectivity index is 0.00000220. The van der Waals surface area contributed by atoms with E-state index in [4.69, 9.17) is 9.26 Å². The molecule has 0 fully saturated rings. The quantitative estimate of drug-likeness (QED) is 0.788. The van der Waals surface area contributed by atoms with E-state index >= 15 is 0 Å². The van der Waals surface area contributed by atoms with E-state index in [9.17, 15) is 0 Å². The summed E-state index contributed by atoms with van der Waals surface area (Å²) < 4.78 is 10.4. The van der Waals surface area contributed by atoms with Crippen LogP contribution in [0.1, 0.15) is 18.6 Å². The number of thioether (sulfide) groups is 1. The maximum Gasteiger partial charge on any atom is 0.237 e. The summed E-state index contributed by atoms with van der Waals surface area (Å²) in [6, 6.07) is 8.26. The topological polar surface area (TPSA) is 60.2 Å². The summed E-state index contributed by atoms with van der Waals surface area (Å²) in [7, 11) is 3.58. The Morgan fingerprint density at radius 3 is 2.67 bits per heavy atom. The molecule has 21 heavy (non-hydrogen) atoms. The second-order valence-corrected chi connectivity index (χ2v) is 5.51. The zero-order chi connectivity index (χ0) is 14.4. The number of benzene rings is 1. The SMILES string of the molecule is CNC(C)Cc1noc(CSc2ccc(OC)cc2)n1.Cl. The van der Waals surface area contributed by atoms with Crippen LogP contribution in [-0.2, 0) is 12.2 Å². The molecule has 1 aromatic heterocycles. The molecule has 0 saturated heterocycles. The number of ether oxygens (including phenoxy) is 1. The van der Waals surface area contributed by atoms with Crippen molar-refractivity contribution in [1.82, 2.24) is 15.5 Å². The molecule has 7 heteroatoms. The van der Waals surface area contributed by atoms with E-state index in [-0.39, 0.29) is 12.4 Å². The highest BCUT2D eigenvalue weighted by Crippen LogP contribution is 2.24. The maximum atomic E-state index is 5.24. The lowest BCUT2D eigenvalue weighted by molar-refractivity contribution is 0.382. The van der Waals surface area contributed by atoms with Crippen LogP contribution in [0.25, 0.3) is 0 Å². The molecule has 0 spiro atoms. The zero-order valence-electron chi connectivity index (χ0n) is 12.3. The first-order valence-corrected chi connectivity index (χ1v) is 7.45. The van der Waals surface area contributed by atoms with Crippen molar-refractivity contribution >= 4 is 24.2 Å². The third-order valence-electron chi connectivity index (χ3n) is 2.91. The van der Waals surface area contributed by atoms with Crippen LogP contribution in [0.2, 0.25) is 0 Å². The summed E-state index contributed by atoms with van der Waals surface area (Å²) in [5.74, 6) is 2.93. The molecule has 1 heterocycles. The summed E-state index contributed by atoms with van der Waals surface area (Å²) in [5, 5.41) is 7.14. The maximum absolute atomic E-state index is 5.24. The van der Waals surface area contributed by atoms with E-state index in [1.165, 1.54) is 0 Å². The first-order valence-electron chi connectivity index (χ1n) is 6.47. The third-order valence-corrected chi connectivity index (χ3v) is 3.91. The van der Waals surface area contributed by atoms with Crippen LogP contribution in [0.4, 0.5) is 0 Å². The Hall–Kier alpha value is -1.24. The van der Waals surface area contributed by atoms with Gasteiger partial charge in [0.25, 0.3) is 0 Å². The van der Waals surface area contributed by atoms with E-state index < -0.39 is 0 Å². The molecule has 0 aliphatic rings. The van der Waals surface area contributed by atoms with Crippen molar-refractivity contribution in [1.29, 1.82) is 0 Å². The molecule has 0 radical (unpaired) electrons. The van der Waals surface area contributed by atoms with Gasteiger partial charge in [-0.15, -0.1) is 24.2 Å². The van der Waals surface area contributed by atoms with Crippen LogP contribution >= 0.6 is 24.2 Å². The summed E-state index contributed by atoms with van der Waals surface area (Å²) in [4.78, 5) is 5.53. The van der Waals surface area contributed by atoms with Crippen LogP contribution in [-0.4, -0.2) is 30.3 Å². The van der Waals surface area contributed by atoms with Gasteiger partial charge in [0.1, 0.15) is 5.75 Å². The number of nitrogens with one attached hydrogen (secondary N) is 1. The Kier molecular flexibility index (Phi) is 7.56. The molecule has 2 rings (SSSR count). The van der Waals surface area contributed by atoms with Gasteiger partial charge in [0.15, 0.2) is 5.82 Å². The Morgan fingerprint density at radius 1 is 1.33 bits per heavy atom. The minimum Gasteiger partial charge on any atom is -0.497 e. The van der Waals surface area contributed by atoms with Gasteiger partial charge in [-0.3, -0.25) is 0 Å². The van der Waals surface area contributed by atoms with Crippen molar-refractivity contribution in [3.8, 4) is 5.75 Å². The van der Waals surface area contributed by atoms with E-state index in [0.717, 1.165) is 22.9 Å². The highest BCUT2D eigenvalue weighted by molar-refractivity contribution is 7.98. The highest BCUT2D eigenvalue weighted by Gasteiger charge is 2.09. The average Bonchev–Trinajstić information content (AvgIpc) is 2.93. The summed E-state index contributed by atoms with van der Waals surface area (Å²) in [6.45, 7) is 2.09. The number of aromatic nitrogens is 2. The van der Waals surface area contributed by atoms with Gasteiger partial charge in [-0.05, 0) is 38.2 Å². The highest BCUT2D eigenvalue weighted by atomic mass is 35.5. The van der Waals surface area contributed by atoms with Crippen molar-refractivity contribution in [3.05, 3.63) is 36.0 Å². The van der Waals surface area contributed by atoms with Gasteiger partial charge in [0.05, 0.1) is 12.9 Å². The summed E-state index contributed by atoms with van der Waals surface area (Å²) >= 11 is 1.66. The molecule has 2 aromatic rings. The second-order valence-electron chi connectivity index (χ2n) is 4.46. The molecule has 116 valence electrons. The molecule has 1 unspecified atom stereocenters. The molecule has 0 amide bonds. The van der Waals surface area contributed by atoms with Crippen molar-refractivity contribution in [2.75, 3.05) is 14.2 Å². The molecule has 1 aromatic carbocycles. The number of hydrogen-bond acceptors (Lipinski definition) is 6. The predicted molar refractivity (Wildman–Crippen MR) is 86.3 cm³/mol. The molecule has 1 atom stereocenters. The molecule has 5 nitrogen and oxygen atoms in total.